The van der Waals surface area contributed by atoms with Crippen molar-refractivity contribution in [1.29, 1.82) is 0 Å². The predicted molar refractivity (Wildman–Crippen MR) is 120 cm³/mol. The van der Waals surface area contributed by atoms with Crippen molar-refractivity contribution >= 4 is 17.5 Å². The molecule has 3 rings (SSSR count). The van der Waals surface area contributed by atoms with Gasteiger partial charge in [0.05, 0.1) is 19.2 Å². The standard InChI is InChI=1S/C24H25N3O4/c1-16-12-13-27(19-10-5-6-11-20(19)31-4)24(30)22(16)23(29)25-18-9-7-8-17(14-18)15-21(28)26(2)3/h5-14H,15H2,1-4H3,(H,25,29). The molecule has 0 saturated carbocycles. The number of nitrogens with zero attached hydrogens (tertiary/aromatic N) is 2. The summed E-state index contributed by atoms with van der Waals surface area (Å²) in [6.45, 7) is 1.72. The van der Waals surface area contributed by atoms with E-state index < -0.39 is 11.5 Å². The Morgan fingerprint density at radius 3 is 2.52 bits per heavy atom. The fraction of sp³-hybridized carbons (Fsp3) is 0.208. The molecule has 2 aromatic carbocycles. The van der Waals surface area contributed by atoms with Gasteiger partial charge in [-0.05, 0) is 48.4 Å². The average molecular weight is 419 g/mol. The first-order valence-electron chi connectivity index (χ1n) is 9.78. The van der Waals surface area contributed by atoms with E-state index >= 15 is 0 Å². The molecule has 0 unspecified atom stereocenters. The van der Waals surface area contributed by atoms with Crippen molar-refractivity contribution in [1.82, 2.24) is 9.47 Å². The van der Waals surface area contributed by atoms with Gasteiger partial charge in [-0.3, -0.25) is 19.0 Å². The van der Waals surface area contributed by atoms with Gasteiger partial charge in [0.25, 0.3) is 11.5 Å². The molecule has 0 aliphatic heterocycles. The van der Waals surface area contributed by atoms with Gasteiger partial charge in [-0.1, -0.05) is 24.3 Å². The molecule has 1 N–H and O–H groups in total. The van der Waals surface area contributed by atoms with Crippen molar-refractivity contribution < 1.29 is 14.3 Å². The summed E-state index contributed by atoms with van der Waals surface area (Å²) in [7, 11) is 4.91. The number of hydrogen-bond acceptors (Lipinski definition) is 4. The lowest BCUT2D eigenvalue weighted by Gasteiger charge is -2.14. The molecular formula is C24H25N3O4. The number of pyridine rings is 1. The Labute approximate surface area is 180 Å². The van der Waals surface area contributed by atoms with Crippen LogP contribution in [0.4, 0.5) is 5.69 Å². The third-order valence-corrected chi connectivity index (χ3v) is 4.91. The number of methoxy groups -OCH3 is 1. The summed E-state index contributed by atoms with van der Waals surface area (Å²) in [5, 5.41) is 2.78. The number of anilines is 1. The van der Waals surface area contributed by atoms with Crippen LogP contribution in [0.5, 0.6) is 5.75 Å². The number of hydrogen-bond donors (Lipinski definition) is 1. The van der Waals surface area contributed by atoms with Crippen molar-refractivity contribution in [2.24, 2.45) is 0 Å². The van der Waals surface area contributed by atoms with Crippen molar-refractivity contribution in [2.75, 3.05) is 26.5 Å². The molecule has 0 atom stereocenters. The smallest absolute Gasteiger partial charge is 0.268 e. The number of aryl methyl sites for hydroxylation is 1. The van der Waals surface area contributed by atoms with E-state index in [1.165, 1.54) is 16.6 Å². The molecule has 0 fully saturated rings. The quantitative estimate of drug-likeness (QED) is 0.666. The molecule has 7 nitrogen and oxygen atoms in total. The van der Waals surface area contributed by atoms with Crippen LogP contribution in [-0.2, 0) is 11.2 Å². The SMILES string of the molecule is COc1ccccc1-n1ccc(C)c(C(=O)Nc2cccc(CC(=O)N(C)C)c2)c1=O. The van der Waals surface area contributed by atoms with Crippen LogP contribution in [0.1, 0.15) is 21.5 Å². The molecule has 1 heterocycles. The van der Waals surface area contributed by atoms with E-state index in [1.807, 2.05) is 12.1 Å². The van der Waals surface area contributed by atoms with Crippen LogP contribution in [0.15, 0.2) is 65.6 Å². The summed E-state index contributed by atoms with van der Waals surface area (Å²) < 4.78 is 6.75. The van der Waals surface area contributed by atoms with Crippen LogP contribution in [0, 0.1) is 6.92 Å². The Morgan fingerprint density at radius 2 is 1.81 bits per heavy atom. The zero-order valence-corrected chi connectivity index (χ0v) is 18.0. The van der Waals surface area contributed by atoms with Crippen LogP contribution in [0.3, 0.4) is 0 Å². The van der Waals surface area contributed by atoms with Crippen molar-refractivity contribution in [2.45, 2.75) is 13.3 Å². The Morgan fingerprint density at radius 1 is 1.06 bits per heavy atom. The van der Waals surface area contributed by atoms with Gasteiger partial charge in [-0.15, -0.1) is 0 Å². The first kappa shape index (κ1) is 21.8. The van der Waals surface area contributed by atoms with Gasteiger partial charge in [-0.25, -0.2) is 0 Å². The molecule has 0 aliphatic rings. The van der Waals surface area contributed by atoms with Crippen LogP contribution >= 0.6 is 0 Å². The summed E-state index contributed by atoms with van der Waals surface area (Å²) in [4.78, 5) is 39.7. The fourth-order valence-electron chi connectivity index (χ4n) is 3.21. The van der Waals surface area contributed by atoms with E-state index in [0.717, 1.165) is 5.56 Å². The maximum atomic E-state index is 13.2. The molecule has 1 aromatic heterocycles. The number of ether oxygens (including phenoxy) is 1. The van der Waals surface area contributed by atoms with Gasteiger partial charge in [0, 0.05) is 26.0 Å². The number of para-hydroxylation sites is 2. The van der Waals surface area contributed by atoms with E-state index in [2.05, 4.69) is 5.32 Å². The van der Waals surface area contributed by atoms with Gasteiger partial charge < -0.3 is 15.0 Å². The van der Waals surface area contributed by atoms with E-state index in [9.17, 15) is 14.4 Å². The maximum absolute atomic E-state index is 13.2. The summed E-state index contributed by atoms with van der Waals surface area (Å²) >= 11 is 0. The van der Waals surface area contributed by atoms with E-state index in [4.69, 9.17) is 4.74 Å². The minimum absolute atomic E-state index is 0.0397. The maximum Gasteiger partial charge on any atom is 0.268 e. The molecule has 0 bridgehead atoms. The minimum Gasteiger partial charge on any atom is -0.495 e. The van der Waals surface area contributed by atoms with Crippen LogP contribution < -0.4 is 15.6 Å². The van der Waals surface area contributed by atoms with Gasteiger partial charge >= 0.3 is 0 Å². The number of aromatic nitrogens is 1. The highest BCUT2D eigenvalue weighted by Gasteiger charge is 2.18. The summed E-state index contributed by atoms with van der Waals surface area (Å²) in [5.74, 6) is -0.0250. The highest BCUT2D eigenvalue weighted by atomic mass is 16.5. The number of amides is 2. The minimum atomic E-state index is -0.511. The molecule has 0 aliphatic carbocycles. The second-order valence-electron chi connectivity index (χ2n) is 7.34. The molecule has 0 radical (unpaired) electrons. The lowest BCUT2D eigenvalue weighted by Crippen LogP contribution is -2.29. The molecule has 160 valence electrons. The normalized spacial score (nSPS) is 10.5. The van der Waals surface area contributed by atoms with Crippen LogP contribution in [0.2, 0.25) is 0 Å². The lowest BCUT2D eigenvalue weighted by molar-refractivity contribution is -0.127. The Hall–Kier alpha value is -3.87. The number of carbonyl (C=O) groups is 2. The Balaban J connectivity index is 1.93. The number of carbonyl (C=O) groups excluding carboxylic acids is 2. The Kier molecular flexibility index (Phi) is 6.55. The first-order chi connectivity index (χ1) is 14.8. The number of likely N-dealkylation sites (N-methyl/N-ethyl adjacent to an activating group) is 1. The summed E-state index contributed by atoms with van der Waals surface area (Å²) in [5.41, 5.74) is 2.00. The first-order valence-corrected chi connectivity index (χ1v) is 9.78. The molecule has 2 amide bonds. The molecule has 7 heteroatoms. The third-order valence-electron chi connectivity index (χ3n) is 4.91. The molecule has 0 spiro atoms. The van der Waals surface area contributed by atoms with Crippen molar-refractivity contribution in [3.05, 3.63) is 87.8 Å². The van der Waals surface area contributed by atoms with Gasteiger partial charge in [0.1, 0.15) is 11.3 Å². The van der Waals surface area contributed by atoms with Crippen LogP contribution in [-0.4, -0.2) is 42.5 Å². The van der Waals surface area contributed by atoms with E-state index in [1.54, 1.807) is 69.7 Å². The average Bonchev–Trinajstić information content (AvgIpc) is 2.74. The molecule has 0 saturated heterocycles. The second-order valence-corrected chi connectivity index (χ2v) is 7.34. The highest BCUT2D eigenvalue weighted by molar-refractivity contribution is 6.05. The monoisotopic (exact) mass is 419 g/mol. The number of nitrogens with one attached hydrogen (secondary N) is 1. The zero-order chi connectivity index (χ0) is 22.5. The van der Waals surface area contributed by atoms with Gasteiger partial charge in [-0.2, -0.15) is 0 Å². The Bertz CT molecular complexity index is 1180. The molecular weight excluding hydrogens is 394 g/mol. The highest BCUT2D eigenvalue weighted by Crippen LogP contribution is 2.21. The lowest BCUT2D eigenvalue weighted by atomic mass is 10.1. The summed E-state index contributed by atoms with van der Waals surface area (Å²) in [6.07, 6.45) is 1.85. The molecule has 31 heavy (non-hydrogen) atoms. The van der Waals surface area contributed by atoms with Gasteiger partial charge in [0.15, 0.2) is 0 Å². The van der Waals surface area contributed by atoms with Crippen molar-refractivity contribution in [3.8, 4) is 11.4 Å². The van der Waals surface area contributed by atoms with Crippen LogP contribution in [0.25, 0.3) is 5.69 Å². The van der Waals surface area contributed by atoms with Crippen molar-refractivity contribution in [3.63, 3.8) is 0 Å². The zero-order valence-electron chi connectivity index (χ0n) is 18.0. The predicted octanol–water partition coefficient (Wildman–Crippen LogP) is 3.04. The third kappa shape index (κ3) is 4.83. The number of benzene rings is 2. The fourth-order valence-corrected chi connectivity index (χ4v) is 3.21. The topological polar surface area (TPSA) is 80.6 Å². The summed E-state index contributed by atoms with van der Waals surface area (Å²) in [6, 6.07) is 15.9. The number of rotatable bonds is 6. The van der Waals surface area contributed by atoms with E-state index in [0.29, 0.717) is 22.7 Å². The largest absolute Gasteiger partial charge is 0.495 e. The van der Waals surface area contributed by atoms with E-state index in [-0.39, 0.29) is 17.9 Å². The van der Waals surface area contributed by atoms with Gasteiger partial charge in [0.2, 0.25) is 5.91 Å². The second kappa shape index (κ2) is 9.30. The molecule has 3 aromatic rings.